The van der Waals surface area contributed by atoms with Crippen LogP contribution in [-0.4, -0.2) is 10.8 Å². The van der Waals surface area contributed by atoms with Crippen molar-refractivity contribution >= 4 is 28.3 Å². The Morgan fingerprint density at radius 1 is 1.14 bits per heavy atom. The summed E-state index contributed by atoms with van der Waals surface area (Å²) in [6.45, 7) is 1.56. The van der Waals surface area contributed by atoms with Gasteiger partial charge in [0.2, 0.25) is 0 Å². The second-order valence-electron chi connectivity index (χ2n) is 5.35. The molecule has 0 unspecified atom stereocenters. The fourth-order valence-corrected chi connectivity index (χ4v) is 2.90. The van der Waals surface area contributed by atoms with Gasteiger partial charge in [0.25, 0.3) is 0 Å². The molecule has 1 aromatic heterocycles. The molecule has 112 valence electrons. The first-order chi connectivity index (χ1) is 10.5. The van der Waals surface area contributed by atoms with Crippen LogP contribution in [0.1, 0.15) is 28.5 Å². The van der Waals surface area contributed by atoms with Crippen LogP contribution >= 0.6 is 11.6 Å². The average molecular weight is 316 g/mol. The van der Waals surface area contributed by atoms with Gasteiger partial charge in [0.15, 0.2) is 5.78 Å². The molecule has 3 rings (SSSR count). The van der Waals surface area contributed by atoms with Gasteiger partial charge in [0.05, 0.1) is 0 Å². The topological polar surface area (TPSA) is 32.9 Å². The molecule has 4 heteroatoms. The van der Waals surface area contributed by atoms with Gasteiger partial charge in [-0.05, 0) is 55.7 Å². The van der Waals surface area contributed by atoms with E-state index in [1.807, 2.05) is 12.1 Å². The number of nitrogens with one attached hydrogen (secondary N) is 1. The van der Waals surface area contributed by atoms with Crippen LogP contribution in [0.15, 0.2) is 42.5 Å². The maximum atomic E-state index is 12.9. The van der Waals surface area contributed by atoms with E-state index in [4.69, 9.17) is 11.6 Å². The summed E-state index contributed by atoms with van der Waals surface area (Å²) in [6.07, 6.45) is 1.42. The summed E-state index contributed by atoms with van der Waals surface area (Å²) in [5.74, 6) is -0.226. The number of H-pyrrole nitrogens is 1. The number of rotatable bonds is 4. The van der Waals surface area contributed by atoms with Gasteiger partial charge in [-0.15, -0.1) is 0 Å². The van der Waals surface area contributed by atoms with E-state index < -0.39 is 0 Å². The number of aromatic nitrogens is 1. The minimum Gasteiger partial charge on any atom is -0.358 e. The lowest BCUT2D eigenvalue weighted by Gasteiger charge is -2.03. The Morgan fingerprint density at radius 3 is 2.55 bits per heavy atom. The lowest BCUT2D eigenvalue weighted by Crippen LogP contribution is -2.00. The van der Waals surface area contributed by atoms with Gasteiger partial charge in [0.1, 0.15) is 5.82 Å². The molecule has 0 aliphatic rings. The molecular formula is C18H15ClFNO. The molecule has 0 atom stereocenters. The van der Waals surface area contributed by atoms with Crippen LogP contribution in [0.2, 0.25) is 5.02 Å². The number of ketones is 1. The third kappa shape index (κ3) is 2.90. The number of Topliss-reactive ketones (excluding diaryl/α,β-unsaturated/α-hetero) is 1. The summed E-state index contributed by atoms with van der Waals surface area (Å²) in [5.41, 5.74) is 3.53. The highest BCUT2D eigenvalue weighted by Gasteiger charge is 2.15. The molecule has 0 saturated heterocycles. The quantitative estimate of drug-likeness (QED) is 0.679. The van der Waals surface area contributed by atoms with Crippen LogP contribution in [0.4, 0.5) is 4.39 Å². The lowest BCUT2D eigenvalue weighted by atomic mass is 10.0. The van der Waals surface area contributed by atoms with Gasteiger partial charge < -0.3 is 4.98 Å². The molecular weight excluding hydrogens is 301 g/mol. The summed E-state index contributed by atoms with van der Waals surface area (Å²) >= 11 is 6.03. The zero-order valence-electron chi connectivity index (χ0n) is 12.1. The molecule has 0 amide bonds. The lowest BCUT2D eigenvalue weighted by molar-refractivity contribution is 0.101. The van der Waals surface area contributed by atoms with Crippen molar-refractivity contribution in [2.75, 3.05) is 0 Å². The maximum absolute atomic E-state index is 12.9. The van der Waals surface area contributed by atoms with Crippen LogP contribution in [0.25, 0.3) is 10.9 Å². The summed E-state index contributed by atoms with van der Waals surface area (Å²) in [6, 6.07) is 11.9. The molecule has 22 heavy (non-hydrogen) atoms. The molecule has 3 aromatic rings. The molecule has 2 nitrogen and oxygen atoms in total. The van der Waals surface area contributed by atoms with E-state index in [1.165, 1.54) is 12.1 Å². The monoisotopic (exact) mass is 315 g/mol. The third-order valence-corrected chi connectivity index (χ3v) is 4.00. The number of carbonyl (C=O) groups excluding carboxylic acids is 1. The van der Waals surface area contributed by atoms with Crippen LogP contribution in [-0.2, 0) is 12.8 Å². The van der Waals surface area contributed by atoms with Crippen molar-refractivity contribution < 1.29 is 9.18 Å². The Hall–Kier alpha value is -2.13. The molecule has 0 aliphatic carbocycles. The molecule has 0 radical (unpaired) electrons. The first kappa shape index (κ1) is 14.8. The zero-order valence-corrected chi connectivity index (χ0v) is 12.9. The number of halogens is 2. The highest BCUT2D eigenvalue weighted by molar-refractivity contribution is 6.31. The highest BCUT2D eigenvalue weighted by atomic mass is 35.5. The van der Waals surface area contributed by atoms with Crippen molar-refractivity contribution in [3.8, 4) is 0 Å². The minimum absolute atomic E-state index is 0.0163. The van der Waals surface area contributed by atoms with Crippen LogP contribution in [0, 0.1) is 5.82 Å². The van der Waals surface area contributed by atoms with Crippen LogP contribution < -0.4 is 0 Å². The number of hydrogen-bond acceptors (Lipinski definition) is 1. The normalized spacial score (nSPS) is 11.0. The molecule has 2 aromatic carbocycles. The smallest absolute Gasteiger partial charge is 0.162 e. The van der Waals surface area contributed by atoms with Crippen LogP contribution in [0.3, 0.4) is 0 Å². The summed E-state index contributed by atoms with van der Waals surface area (Å²) in [7, 11) is 0. The number of carbonyl (C=O) groups is 1. The van der Waals surface area contributed by atoms with E-state index in [-0.39, 0.29) is 11.6 Å². The van der Waals surface area contributed by atoms with E-state index in [0.29, 0.717) is 17.0 Å². The fraction of sp³-hybridized carbons (Fsp3) is 0.167. The molecule has 1 heterocycles. The first-order valence-corrected chi connectivity index (χ1v) is 7.48. The van der Waals surface area contributed by atoms with E-state index in [2.05, 4.69) is 4.98 Å². The summed E-state index contributed by atoms with van der Waals surface area (Å²) in [5, 5.41) is 1.47. The SMILES string of the molecule is CC(=O)c1c(CCc2ccc(F)cc2)[nH]c2ccc(Cl)cc12. The van der Waals surface area contributed by atoms with Gasteiger partial charge >= 0.3 is 0 Å². The Bertz CT molecular complexity index is 836. The minimum atomic E-state index is -0.242. The molecule has 0 bridgehead atoms. The molecule has 0 saturated carbocycles. The first-order valence-electron chi connectivity index (χ1n) is 7.10. The maximum Gasteiger partial charge on any atom is 0.162 e. The zero-order chi connectivity index (χ0) is 15.7. The second kappa shape index (κ2) is 5.93. The van der Waals surface area contributed by atoms with Crippen molar-refractivity contribution in [2.45, 2.75) is 19.8 Å². The number of aryl methyl sites for hydroxylation is 2. The van der Waals surface area contributed by atoms with Gasteiger partial charge in [-0.2, -0.15) is 0 Å². The van der Waals surface area contributed by atoms with E-state index in [0.717, 1.165) is 28.6 Å². The Kier molecular flexibility index (Phi) is 3.99. The van der Waals surface area contributed by atoms with E-state index >= 15 is 0 Å². The largest absolute Gasteiger partial charge is 0.358 e. The highest BCUT2D eigenvalue weighted by Crippen LogP contribution is 2.27. The number of fused-ring (bicyclic) bond motifs is 1. The number of aromatic amines is 1. The van der Waals surface area contributed by atoms with Crippen molar-refractivity contribution in [3.05, 3.63) is 70.1 Å². The molecule has 1 N–H and O–H groups in total. The van der Waals surface area contributed by atoms with Crippen molar-refractivity contribution in [1.82, 2.24) is 4.98 Å². The van der Waals surface area contributed by atoms with E-state index in [1.54, 1.807) is 25.1 Å². The summed E-state index contributed by atoms with van der Waals surface area (Å²) < 4.78 is 12.9. The Balaban J connectivity index is 1.94. The summed E-state index contributed by atoms with van der Waals surface area (Å²) in [4.78, 5) is 15.3. The van der Waals surface area contributed by atoms with Crippen molar-refractivity contribution in [3.63, 3.8) is 0 Å². The molecule has 0 spiro atoms. The predicted octanol–water partition coefficient (Wildman–Crippen LogP) is 4.95. The van der Waals surface area contributed by atoms with Crippen LogP contribution in [0.5, 0.6) is 0 Å². The van der Waals surface area contributed by atoms with Crippen molar-refractivity contribution in [1.29, 1.82) is 0 Å². The van der Waals surface area contributed by atoms with Gasteiger partial charge in [-0.25, -0.2) is 4.39 Å². The van der Waals surface area contributed by atoms with E-state index in [9.17, 15) is 9.18 Å². The van der Waals surface area contributed by atoms with Gasteiger partial charge in [-0.1, -0.05) is 23.7 Å². The fourth-order valence-electron chi connectivity index (χ4n) is 2.73. The number of benzene rings is 2. The molecule has 0 aliphatic heterocycles. The standard InChI is InChI=1S/C18H15ClFNO/c1-11(22)18-15-10-13(19)5-9-16(15)21-17(18)8-4-12-2-6-14(20)7-3-12/h2-3,5-7,9-10,21H,4,8H2,1H3. The number of hydrogen-bond donors (Lipinski definition) is 1. The van der Waals surface area contributed by atoms with Crippen molar-refractivity contribution in [2.24, 2.45) is 0 Å². The predicted molar refractivity (Wildman–Crippen MR) is 87.1 cm³/mol. The second-order valence-corrected chi connectivity index (χ2v) is 5.79. The molecule has 0 fully saturated rings. The van der Waals surface area contributed by atoms with Gasteiger partial charge in [0, 0.05) is 27.2 Å². The third-order valence-electron chi connectivity index (χ3n) is 3.77. The Morgan fingerprint density at radius 2 is 1.86 bits per heavy atom. The Labute approximate surface area is 132 Å². The van der Waals surface area contributed by atoms with Gasteiger partial charge in [-0.3, -0.25) is 4.79 Å². The average Bonchev–Trinajstić information content (AvgIpc) is 2.84.